The van der Waals surface area contributed by atoms with Gasteiger partial charge in [-0.1, -0.05) is 19.3 Å². The fourth-order valence-corrected chi connectivity index (χ4v) is 2.43. The number of aromatic nitrogens is 1. The molecule has 16 heavy (non-hydrogen) atoms. The van der Waals surface area contributed by atoms with Crippen molar-refractivity contribution in [1.29, 1.82) is 5.41 Å². The van der Waals surface area contributed by atoms with E-state index in [1.807, 2.05) is 6.07 Å². The second kappa shape index (κ2) is 4.64. The molecule has 2 N–H and O–H groups in total. The summed E-state index contributed by atoms with van der Waals surface area (Å²) in [6, 6.07) is 1.90. The average Bonchev–Trinajstić information content (AvgIpc) is 2.30. The van der Waals surface area contributed by atoms with Gasteiger partial charge in [0, 0.05) is 23.0 Å². The second-order valence-electron chi connectivity index (χ2n) is 4.63. The Kier molecular flexibility index (Phi) is 3.22. The highest BCUT2D eigenvalue weighted by Crippen LogP contribution is 2.30. The molecule has 1 saturated carbocycles. The van der Waals surface area contributed by atoms with Crippen molar-refractivity contribution in [3.05, 3.63) is 33.7 Å². The molecule has 0 aliphatic heterocycles. The van der Waals surface area contributed by atoms with Gasteiger partial charge < -0.3 is 10.4 Å². The van der Waals surface area contributed by atoms with Crippen molar-refractivity contribution in [3.8, 4) is 0 Å². The van der Waals surface area contributed by atoms with Gasteiger partial charge in [-0.05, 0) is 31.7 Å². The Labute approximate surface area is 95.4 Å². The number of H-pyrrole nitrogens is 1. The van der Waals surface area contributed by atoms with Gasteiger partial charge >= 0.3 is 0 Å². The van der Waals surface area contributed by atoms with Gasteiger partial charge in [-0.15, -0.1) is 0 Å². The molecule has 0 unspecified atom stereocenters. The molecular formula is C13H18N2O. The molecule has 1 heterocycles. The number of rotatable bonds is 2. The predicted molar refractivity (Wildman–Crippen MR) is 65.4 cm³/mol. The molecule has 0 atom stereocenters. The predicted octanol–water partition coefficient (Wildman–Crippen LogP) is 2.81. The number of aromatic amines is 1. The highest BCUT2D eigenvalue weighted by Gasteiger charge is 2.18. The van der Waals surface area contributed by atoms with Gasteiger partial charge in [0.15, 0.2) is 0 Å². The van der Waals surface area contributed by atoms with Crippen LogP contribution in [-0.2, 0) is 0 Å². The fourth-order valence-electron chi connectivity index (χ4n) is 2.43. The third kappa shape index (κ3) is 2.23. The minimum atomic E-state index is 0.0249. The van der Waals surface area contributed by atoms with Gasteiger partial charge in [0.05, 0.1) is 0 Å². The van der Waals surface area contributed by atoms with E-state index in [4.69, 9.17) is 5.41 Å². The van der Waals surface area contributed by atoms with E-state index >= 15 is 0 Å². The first-order valence-corrected chi connectivity index (χ1v) is 5.96. The SMILES string of the molecule is CC(=N)c1c[nH]c(=O)c(C2CCCCC2)c1. The molecule has 0 saturated heterocycles. The van der Waals surface area contributed by atoms with Crippen molar-refractivity contribution >= 4 is 5.71 Å². The van der Waals surface area contributed by atoms with Crippen molar-refractivity contribution < 1.29 is 0 Å². The summed E-state index contributed by atoms with van der Waals surface area (Å²) in [6.45, 7) is 1.75. The molecule has 0 amide bonds. The standard InChI is InChI=1S/C13H18N2O/c1-9(14)11-7-12(13(16)15-8-11)10-5-3-2-4-6-10/h7-8,10,14H,2-6H2,1H3,(H,15,16). The van der Waals surface area contributed by atoms with E-state index in [1.165, 1.54) is 19.3 Å². The maximum Gasteiger partial charge on any atom is 0.251 e. The first-order chi connectivity index (χ1) is 7.68. The second-order valence-corrected chi connectivity index (χ2v) is 4.63. The minimum Gasteiger partial charge on any atom is -0.328 e. The van der Waals surface area contributed by atoms with Gasteiger partial charge in [0.25, 0.3) is 5.56 Å². The molecule has 86 valence electrons. The molecule has 0 spiro atoms. The Morgan fingerprint density at radius 1 is 1.38 bits per heavy atom. The van der Waals surface area contributed by atoms with Gasteiger partial charge in [-0.3, -0.25) is 4.79 Å². The van der Waals surface area contributed by atoms with Crippen LogP contribution >= 0.6 is 0 Å². The van der Waals surface area contributed by atoms with Crippen LogP contribution in [0.1, 0.15) is 56.1 Å². The quantitative estimate of drug-likeness (QED) is 0.737. The summed E-state index contributed by atoms with van der Waals surface area (Å²) in [5, 5.41) is 7.59. The summed E-state index contributed by atoms with van der Waals surface area (Å²) < 4.78 is 0. The summed E-state index contributed by atoms with van der Waals surface area (Å²) in [5.74, 6) is 0.400. The monoisotopic (exact) mass is 218 g/mol. The topological polar surface area (TPSA) is 56.7 Å². The highest BCUT2D eigenvalue weighted by atomic mass is 16.1. The summed E-state index contributed by atoms with van der Waals surface area (Å²) in [4.78, 5) is 14.5. The molecule has 0 radical (unpaired) electrons. The third-order valence-electron chi connectivity index (χ3n) is 3.41. The Morgan fingerprint density at radius 2 is 2.06 bits per heavy atom. The maximum absolute atomic E-state index is 11.8. The van der Waals surface area contributed by atoms with Gasteiger partial charge in [-0.25, -0.2) is 0 Å². The Balaban J connectivity index is 2.34. The molecule has 0 bridgehead atoms. The smallest absolute Gasteiger partial charge is 0.251 e. The molecular weight excluding hydrogens is 200 g/mol. The van der Waals surface area contributed by atoms with Crippen LogP contribution < -0.4 is 5.56 Å². The lowest BCUT2D eigenvalue weighted by Gasteiger charge is -2.21. The van der Waals surface area contributed by atoms with Crippen LogP contribution in [0.15, 0.2) is 17.1 Å². The molecule has 1 aromatic heterocycles. The highest BCUT2D eigenvalue weighted by molar-refractivity contribution is 5.96. The van der Waals surface area contributed by atoms with Crippen molar-refractivity contribution in [1.82, 2.24) is 4.98 Å². The average molecular weight is 218 g/mol. The van der Waals surface area contributed by atoms with Gasteiger partial charge in [0.2, 0.25) is 0 Å². The maximum atomic E-state index is 11.8. The molecule has 1 aliphatic carbocycles. The first-order valence-electron chi connectivity index (χ1n) is 5.96. The number of nitrogens with one attached hydrogen (secondary N) is 2. The molecule has 3 nitrogen and oxygen atoms in total. The van der Waals surface area contributed by atoms with Crippen molar-refractivity contribution in [2.24, 2.45) is 0 Å². The number of hydrogen-bond acceptors (Lipinski definition) is 2. The Hall–Kier alpha value is -1.38. The summed E-state index contributed by atoms with van der Waals surface area (Å²) in [5.41, 5.74) is 2.24. The number of pyridine rings is 1. The van der Waals surface area contributed by atoms with Crippen molar-refractivity contribution in [2.45, 2.75) is 44.9 Å². The van der Waals surface area contributed by atoms with E-state index in [1.54, 1.807) is 13.1 Å². The van der Waals surface area contributed by atoms with Crippen LogP contribution in [0.5, 0.6) is 0 Å². The van der Waals surface area contributed by atoms with Crippen LogP contribution in [0.25, 0.3) is 0 Å². The molecule has 1 aromatic rings. The third-order valence-corrected chi connectivity index (χ3v) is 3.41. The van der Waals surface area contributed by atoms with E-state index in [-0.39, 0.29) is 5.56 Å². The van der Waals surface area contributed by atoms with Crippen LogP contribution in [0.4, 0.5) is 0 Å². The molecule has 2 rings (SSSR count). The van der Waals surface area contributed by atoms with Gasteiger partial charge in [0.1, 0.15) is 0 Å². The molecule has 1 fully saturated rings. The van der Waals surface area contributed by atoms with E-state index in [2.05, 4.69) is 4.98 Å². The normalized spacial score (nSPS) is 17.3. The summed E-state index contributed by atoms with van der Waals surface area (Å²) in [6.07, 6.45) is 7.59. The van der Waals surface area contributed by atoms with Crippen molar-refractivity contribution in [3.63, 3.8) is 0 Å². The summed E-state index contributed by atoms with van der Waals surface area (Å²) >= 11 is 0. The zero-order valence-electron chi connectivity index (χ0n) is 9.68. The first kappa shape index (κ1) is 11.1. The summed E-state index contributed by atoms with van der Waals surface area (Å²) in [7, 11) is 0. The molecule has 1 aliphatic rings. The van der Waals surface area contributed by atoms with E-state index in [9.17, 15) is 4.79 Å². The van der Waals surface area contributed by atoms with Crippen LogP contribution in [0.3, 0.4) is 0 Å². The molecule has 0 aromatic carbocycles. The van der Waals surface area contributed by atoms with E-state index in [0.717, 1.165) is 24.0 Å². The fraction of sp³-hybridized carbons (Fsp3) is 0.538. The van der Waals surface area contributed by atoms with Crippen molar-refractivity contribution in [2.75, 3.05) is 0 Å². The van der Waals surface area contributed by atoms with Crippen LogP contribution in [0.2, 0.25) is 0 Å². The lowest BCUT2D eigenvalue weighted by atomic mass is 9.84. The Bertz CT molecular complexity index is 441. The van der Waals surface area contributed by atoms with Gasteiger partial charge in [-0.2, -0.15) is 0 Å². The van der Waals surface area contributed by atoms with E-state index < -0.39 is 0 Å². The van der Waals surface area contributed by atoms with Crippen LogP contribution in [-0.4, -0.2) is 10.7 Å². The minimum absolute atomic E-state index is 0.0249. The zero-order chi connectivity index (χ0) is 11.5. The zero-order valence-corrected chi connectivity index (χ0v) is 9.68. The lowest BCUT2D eigenvalue weighted by Crippen LogP contribution is -2.19. The lowest BCUT2D eigenvalue weighted by molar-refractivity contribution is 0.441. The Morgan fingerprint density at radius 3 is 2.69 bits per heavy atom. The van der Waals surface area contributed by atoms with E-state index in [0.29, 0.717) is 11.6 Å². The largest absolute Gasteiger partial charge is 0.328 e. The molecule has 3 heteroatoms. The number of hydrogen-bond donors (Lipinski definition) is 2. The van der Waals surface area contributed by atoms with Crippen LogP contribution in [0, 0.1) is 5.41 Å².